The van der Waals surface area contributed by atoms with Crippen LogP contribution >= 0.6 is 0 Å². The zero-order valence-corrected chi connectivity index (χ0v) is 14.3. The van der Waals surface area contributed by atoms with E-state index >= 15 is 0 Å². The van der Waals surface area contributed by atoms with Crippen molar-refractivity contribution < 1.29 is 37.4 Å². The zero-order valence-electron chi connectivity index (χ0n) is 13.5. The van der Waals surface area contributed by atoms with E-state index in [0.717, 1.165) is 31.9 Å². The fourth-order valence-electron chi connectivity index (χ4n) is 2.21. The van der Waals surface area contributed by atoms with Gasteiger partial charge in [-0.2, -0.15) is 4.79 Å². The normalized spacial score (nSPS) is 16.5. The number of aliphatic hydroxyl groups excluding tert-OH is 1. The summed E-state index contributed by atoms with van der Waals surface area (Å²) in [4.78, 5) is 27.8. The molecule has 0 fully saturated rings. The second kappa shape index (κ2) is 8.85. The molecule has 0 aromatic heterocycles. The molecule has 0 radical (unpaired) electrons. The van der Waals surface area contributed by atoms with Crippen molar-refractivity contribution in [2.24, 2.45) is 0 Å². The van der Waals surface area contributed by atoms with Crippen LogP contribution in [0.4, 0.5) is 4.79 Å². The van der Waals surface area contributed by atoms with Gasteiger partial charge in [0.15, 0.2) is 9.84 Å². The summed E-state index contributed by atoms with van der Waals surface area (Å²) in [5, 5.41) is 9.42. The number of hydrogen-bond acceptors (Lipinski definition) is 6. The highest BCUT2D eigenvalue weighted by molar-refractivity contribution is 7.90. The minimum atomic E-state index is -3.33. The summed E-state index contributed by atoms with van der Waals surface area (Å²) >= 11 is 0. The van der Waals surface area contributed by atoms with Crippen molar-refractivity contribution in [2.75, 3.05) is 12.0 Å². The number of ether oxygens (including phenoxy) is 1. The SMILES string of the molecule is CCCCCCC(CS(C)(=O)=O)OC(=O)O[N+]1=C(O)CCC1=O. The Hall–Kier alpha value is -1.64. The summed E-state index contributed by atoms with van der Waals surface area (Å²) in [6, 6.07) is 0. The van der Waals surface area contributed by atoms with Crippen LogP contribution in [0.25, 0.3) is 0 Å². The van der Waals surface area contributed by atoms with E-state index in [-0.39, 0.29) is 24.5 Å². The monoisotopic (exact) mass is 350 g/mol. The van der Waals surface area contributed by atoms with E-state index in [9.17, 15) is 23.1 Å². The first-order valence-corrected chi connectivity index (χ1v) is 9.73. The zero-order chi connectivity index (χ0) is 17.5. The molecule has 0 bridgehead atoms. The van der Waals surface area contributed by atoms with Gasteiger partial charge in [-0.1, -0.05) is 26.2 Å². The topological polar surface area (TPSA) is 110 Å². The predicted molar refractivity (Wildman–Crippen MR) is 82.0 cm³/mol. The summed E-state index contributed by atoms with van der Waals surface area (Å²) in [6.45, 7) is 2.05. The molecule has 132 valence electrons. The van der Waals surface area contributed by atoms with Gasteiger partial charge in [-0.3, -0.25) is 0 Å². The van der Waals surface area contributed by atoms with Gasteiger partial charge in [-0.25, -0.2) is 13.2 Å². The lowest BCUT2D eigenvalue weighted by atomic mass is 10.1. The van der Waals surface area contributed by atoms with Crippen LogP contribution in [-0.2, 0) is 24.2 Å². The Morgan fingerprint density at radius 2 is 2.00 bits per heavy atom. The van der Waals surface area contributed by atoms with E-state index in [4.69, 9.17) is 4.74 Å². The van der Waals surface area contributed by atoms with Crippen molar-refractivity contribution in [2.45, 2.75) is 58.0 Å². The molecule has 0 saturated heterocycles. The Balaban J connectivity index is 2.58. The van der Waals surface area contributed by atoms with Gasteiger partial charge in [-0.05, 0) is 12.8 Å². The number of nitrogens with zero attached hydrogens (tertiary/aromatic N) is 1. The maximum atomic E-state index is 11.7. The fraction of sp³-hybridized carbons (Fsp3) is 0.786. The number of carbonyl (C=O) groups is 2. The molecule has 0 saturated carbocycles. The molecule has 1 rings (SSSR count). The van der Waals surface area contributed by atoms with Crippen LogP contribution in [0.5, 0.6) is 0 Å². The molecule has 1 amide bonds. The predicted octanol–water partition coefficient (Wildman–Crippen LogP) is 1.73. The largest absolute Gasteiger partial charge is 0.572 e. The molecule has 1 aliphatic rings. The smallest absolute Gasteiger partial charge is 0.460 e. The third-order valence-electron chi connectivity index (χ3n) is 3.32. The Kier molecular flexibility index (Phi) is 7.47. The van der Waals surface area contributed by atoms with Crippen LogP contribution < -0.4 is 0 Å². The standard InChI is InChI=1S/C14H23NO7S/c1-3-4-5-6-7-11(10-23(2,19)20)21-14(18)22-15-12(16)8-9-13(15)17/h11H,3-10H2,1-2H3/p+1. The maximum Gasteiger partial charge on any atom is 0.572 e. The number of rotatable bonds is 9. The highest BCUT2D eigenvalue weighted by Crippen LogP contribution is 2.12. The molecule has 9 heteroatoms. The lowest BCUT2D eigenvalue weighted by Gasteiger charge is -2.15. The molecule has 0 aliphatic carbocycles. The Bertz CT molecular complexity index is 568. The van der Waals surface area contributed by atoms with Crippen LogP contribution in [-0.4, -0.2) is 54.3 Å². The first kappa shape index (κ1) is 19.4. The molecular formula is C14H24NO7S+. The molecule has 8 nitrogen and oxygen atoms in total. The van der Waals surface area contributed by atoms with E-state index in [1.807, 2.05) is 0 Å². The van der Waals surface area contributed by atoms with E-state index in [0.29, 0.717) is 11.2 Å². The number of unbranched alkanes of at least 4 members (excludes halogenated alkanes) is 3. The number of aliphatic hydroxyl groups is 1. The summed E-state index contributed by atoms with van der Waals surface area (Å²) in [5.41, 5.74) is 0. The minimum absolute atomic E-state index is 0.0445. The summed E-state index contributed by atoms with van der Waals surface area (Å²) < 4.78 is 28.3. The van der Waals surface area contributed by atoms with Gasteiger partial charge < -0.3 is 9.84 Å². The third kappa shape index (κ3) is 7.45. The van der Waals surface area contributed by atoms with E-state index in [2.05, 4.69) is 11.8 Å². The van der Waals surface area contributed by atoms with Crippen LogP contribution in [0.3, 0.4) is 0 Å². The van der Waals surface area contributed by atoms with Gasteiger partial charge in [0.05, 0.1) is 18.6 Å². The van der Waals surface area contributed by atoms with Crippen molar-refractivity contribution >= 4 is 27.8 Å². The Morgan fingerprint density at radius 1 is 1.30 bits per heavy atom. The molecule has 1 unspecified atom stereocenters. The lowest BCUT2D eigenvalue weighted by Crippen LogP contribution is -2.30. The van der Waals surface area contributed by atoms with Gasteiger partial charge >= 0.3 is 18.0 Å². The fourth-order valence-corrected chi connectivity index (χ4v) is 3.12. The highest BCUT2D eigenvalue weighted by Gasteiger charge is 2.38. The van der Waals surface area contributed by atoms with Crippen LogP contribution in [0.2, 0.25) is 0 Å². The second-order valence-corrected chi connectivity index (χ2v) is 7.81. The minimum Gasteiger partial charge on any atom is -0.460 e. The molecule has 1 atom stereocenters. The van der Waals surface area contributed by atoms with Gasteiger partial charge in [0.25, 0.3) is 0 Å². The Morgan fingerprint density at radius 3 is 2.52 bits per heavy atom. The number of carbonyl (C=O) groups excluding carboxylic acids is 2. The quantitative estimate of drug-likeness (QED) is 0.292. The van der Waals surface area contributed by atoms with Crippen molar-refractivity contribution in [3.8, 4) is 0 Å². The van der Waals surface area contributed by atoms with Crippen LogP contribution in [0.1, 0.15) is 51.9 Å². The molecule has 1 heterocycles. The first-order valence-electron chi connectivity index (χ1n) is 7.67. The molecule has 0 aromatic rings. The first-order chi connectivity index (χ1) is 10.7. The molecule has 23 heavy (non-hydrogen) atoms. The average Bonchev–Trinajstić information content (AvgIpc) is 2.73. The van der Waals surface area contributed by atoms with Crippen LogP contribution in [0, 0.1) is 0 Å². The molecular weight excluding hydrogens is 326 g/mol. The maximum absolute atomic E-state index is 11.7. The molecule has 0 aromatic carbocycles. The molecule has 0 spiro atoms. The van der Waals surface area contributed by atoms with Gasteiger partial charge in [-0.15, -0.1) is 4.84 Å². The summed E-state index contributed by atoms with van der Waals surface area (Å²) in [6.07, 6.45) is 3.24. The summed E-state index contributed by atoms with van der Waals surface area (Å²) in [5.74, 6) is -1.23. The van der Waals surface area contributed by atoms with E-state index in [1.54, 1.807) is 0 Å². The van der Waals surface area contributed by atoms with E-state index in [1.165, 1.54) is 0 Å². The number of hydroxylamine groups is 1. The summed E-state index contributed by atoms with van der Waals surface area (Å²) in [7, 11) is -3.33. The number of sulfone groups is 1. The van der Waals surface area contributed by atoms with Crippen LogP contribution in [0.15, 0.2) is 0 Å². The van der Waals surface area contributed by atoms with Crippen molar-refractivity contribution in [1.29, 1.82) is 0 Å². The number of hydrogen-bond donors (Lipinski definition) is 1. The molecule has 1 aliphatic heterocycles. The average molecular weight is 350 g/mol. The van der Waals surface area contributed by atoms with E-state index < -0.39 is 28.0 Å². The van der Waals surface area contributed by atoms with Gasteiger partial charge in [0.2, 0.25) is 0 Å². The van der Waals surface area contributed by atoms with Crippen molar-refractivity contribution in [3.05, 3.63) is 0 Å². The lowest BCUT2D eigenvalue weighted by molar-refractivity contribution is -0.695. The third-order valence-corrected chi connectivity index (χ3v) is 4.30. The number of amides is 1. The van der Waals surface area contributed by atoms with Gasteiger partial charge in [0, 0.05) is 6.26 Å². The molecule has 1 N–H and O–H groups in total. The Labute approximate surface area is 136 Å². The highest BCUT2D eigenvalue weighted by atomic mass is 32.2. The second-order valence-electron chi connectivity index (χ2n) is 5.63. The van der Waals surface area contributed by atoms with Gasteiger partial charge in [0.1, 0.15) is 10.8 Å². The van der Waals surface area contributed by atoms with Crippen molar-refractivity contribution in [3.63, 3.8) is 0 Å². The van der Waals surface area contributed by atoms with Crippen molar-refractivity contribution in [1.82, 2.24) is 0 Å².